The van der Waals surface area contributed by atoms with Gasteiger partial charge in [-0.2, -0.15) is 10.0 Å². The van der Waals surface area contributed by atoms with E-state index in [9.17, 15) is 19.2 Å². The van der Waals surface area contributed by atoms with Crippen LogP contribution in [0.4, 0.5) is 32.3 Å². The molecule has 0 saturated carbocycles. The van der Waals surface area contributed by atoms with Crippen molar-refractivity contribution in [3.63, 3.8) is 0 Å². The Hall–Kier alpha value is -7.02. The number of carbonyl (C=O) groups is 4. The molecular formula is C38H33N5O8. The first-order valence-corrected chi connectivity index (χ1v) is 15.7. The molecule has 13 nitrogen and oxygen atoms in total. The number of amides is 4. The van der Waals surface area contributed by atoms with E-state index in [-0.39, 0.29) is 35.7 Å². The van der Waals surface area contributed by atoms with Crippen molar-refractivity contribution in [1.29, 1.82) is 0 Å². The van der Waals surface area contributed by atoms with Crippen molar-refractivity contribution in [1.82, 2.24) is 5.32 Å². The summed E-state index contributed by atoms with van der Waals surface area (Å²) in [5.41, 5.74) is 8.37. The standard InChI is InChI=1S/C38H33N5O8/c1-48-29-17-13-25(14-18-29)23-50-37(46)42(40-27-9-5-3-6-10-27)33-21-31-32(36(45)39-35(31)44)22-34(33)43(41-28-11-7-4-8-12-28)38(47)51-24-26-15-19-30(49-2)20-16-26/h3-22,40-41H,23-24H2,1-2H3,(H,39,44,45). The molecule has 0 bridgehead atoms. The van der Waals surface area contributed by atoms with Crippen LogP contribution < -0.4 is 35.7 Å². The third-order valence-electron chi connectivity index (χ3n) is 7.75. The normalized spacial score (nSPS) is 11.5. The molecule has 258 valence electrons. The Balaban J connectivity index is 1.42. The lowest BCUT2D eigenvalue weighted by Crippen LogP contribution is -2.41. The van der Waals surface area contributed by atoms with Crippen LogP contribution in [0.15, 0.2) is 121 Å². The first-order valence-electron chi connectivity index (χ1n) is 15.7. The number of para-hydroxylation sites is 2. The van der Waals surface area contributed by atoms with Crippen LogP contribution in [-0.2, 0) is 22.7 Å². The second-order valence-corrected chi connectivity index (χ2v) is 11.1. The maximum atomic E-state index is 14.0. The fourth-order valence-electron chi connectivity index (χ4n) is 5.10. The van der Waals surface area contributed by atoms with E-state index in [4.69, 9.17) is 18.9 Å². The zero-order valence-corrected chi connectivity index (χ0v) is 27.6. The molecule has 5 aromatic carbocycles. The molecule has 0 radical (unpaired) electrons. The summed E-state index contributed by atoms with van der Waals surface area (Å²) in [5.74, 6) is -0.0618. The van der Waals surface area contributed by atoms with E-state index in [1.807, 2.05) is 0 Å². The molecule has 5 aromatic rings. The van der Waals surface area contributed by atoms with Crippen LogP contribution in [-0.4, -0.2) is 38.2 Å². The molecule has 0 fully saturated rings. The number of imide groups is 1. The van der Waals surface area contributed by atoms with Crippen LogP contribution in [0.1, 0.15) is 31.8 Å². The minimum absolute atomic E-state index is 0.00664. The summed E-state index contributed by atoms with van der Waals surface area (Å²) in [6, 6.07) is 34.2. The van der Waals surface area contributed by atoms with Crippen molar-refractivity contribution in [2.75, 3.05) is 35.1 Å². The third kappa shape index (κ3) is 8.00. The molecule has 0 unspecified atom stereocenters. The van der Waals surface area contributed by atoms with Gasteiger partial charge >= 0.3 is 12.2 Å². The zero-order valence-electron chi connectivity index (χ0n) is 27.6. The van der Waals surface area contributed by atoms with Crippen molar-refractivity contribution in [3.05, 3.63) is 144 Å². The molecule has 0 aromatic heterocycles. The number of hydrogen-bond acceptors (Lipinski definition) is 10. The van der Waals surface area contributed by atoms with Gasteiger partial charge in [-0.05, 0) is 71.8 Å². The van der Waals surface area contributed by atoms with E-state index in [1.54, 1.807) is 123 Å². The van der Waals surface area contributed by atoms with Gasteiger partial charge in [0.1, 0.15) is 24.7 Å². The van der Waals surface area contributed by atoms with Gasteiger partial charge in [0.2, 0.25) is 0 Å². The summed E-state index contributed by atoms with van der Waals surface area (Å²) < 4.78 is 21.9. The zero-order chi connectivity index (χ0) is 35.7. The first kappa shape index (κ1) is 33.9. The maximum Gasteiger partial charge on any atom is 0.433 e. The highest BCUT2D eigenvalue weighted by atomic mass is 16.6. The summed E-state index contributed by atoms with van der Waals surface area (Å²) in [6.07, 6.45) is -1.77. The predicted octanol–water partition coefficient (Wildman–Crippen LogP) is 6.93. The van der Waals surface area contributed by atoms with Gasteiger partial charge in [-0.3, -0.25) is 25.8 Å². The third-order valence-corrected chi connectivity index (χ3v) is 7.75. The Morgan fingerprint density at radius 2 is 0.941 bits per heavy atom. The molecule has 51 heavy (non-hydrogen) atoms. The van der Waals surface area contributed by atoms with Gasteiger partial charge in [-0.15, -0.1) is 0 Å². The molecule has 3 N–H and O–H groups in total. The molecular weight excluding hydrogens is 654 g/mol. The van der Waals surface area contributed by atoms with Gasteiger partial charge in [-0.1, -0.05) is 60.7 Å². The number of benzene rings is 5. The molecule has 1 aliphatic rings. The highest BCUT2D eigenvalue weighted by molar-refractivity contribution is 6.23. The van der Waals surface area contributed by atoms with E-state index in [0.29, 0.717) is 34.0 Å². The minimum Gasteiger partial charge on any atom is -0.497 e. The van der Waals surface area contributed by atoms with E-state index >= 15 is 0 Å². The Labute approximate surface area is 293 Å². The number of carbonyl (C=O) groups excluding carboxylic acids is 4. The first-order chi connectivity index (χ1) is 24.8. The monoisotopic (exact) mass is 687 g/mol. The second kappa shape index (κ2) is 15.5. The Bertz CT molecular complexity index is 1880. The molecule has 0 aliphatic carbocycles. The fourth-order valence-corrected chi connectivity index (χ4v) is 5.10. The van der Waals surface area contributed by atoms with Gasteiger partial charge in [0.15, 0.2) is 0 Å². The summed E-state index contributed by atoms with van der Waals surface area (Å²) in [6.45, 7) is -0.240. The maximum absolute atomic E-state index is 14.0. The molecule has 4 amide bonds. The number of anilines is 4. The van der Waals surface area contributed by atoms with E-state index in [0.717, 1.165) is 10.0 Å². The summed E-state index contributed by atoms with van der Waals surface area (Å²) >= 11 is 0. The largest absolute Gasteiger partial charge is 0.497 e. The molecule has 0 atom stereocenters. The number of nitrogens with zero attached hydrogens (tertiary/aromatic N) is 2. The lowest BCUT2D eigenvalue weighted by molar-refractivity contribution is 0.0879. The summed E-state index contributed by atoms with van der Waals surface area (Å²) in [5, 5.41) is 4.39. The molecule has 1 heterocycles. The minimum atomic E-state index is -0.883. The van der Waals surface area contributed by atoms with Crippen molar-refractivity contribution < 1.29 is 38.1 Å². The topological polar surface area (TPSA) is 148 Å². The summed E-state index contributed by atoms with van der Waals surface area (Å²) in [4.78, 5) is 53.9. The van der Waals surface area contributed by atoms with E-state index in [1.165, 1.54) is 12.1 Å². The van der Waals surface area contributed by atoms with Crippen LogP contribution in [0.2, 0.25) is 0 Å². The average molecular weight is 688 g/mol. The van der Waals surface area contributed by atoms with Crippen molar-refractivity contribution in [2.24, 2.45) is 0 Å². The second-order valence-electron chi connectivity index (χ2n) is 11.1. The Kier molecular flexibility index (Phi) is 10.3. The quantitative estimate of drug-likeness (QED) is 0.0932. The summed E-state index contributed by atoms with van der Waals surface area (Å²) in [7, 11) is 3.10. The van der Waals surface area contributed by atoms with Crippen molar-refractivity contribution >= 4 is 46.8 Å². The molecule has 13 heteroatoms. The predicted molar refractivity (Wildman–Crippen MR) is 190 cm³/mol. The number of rotatable bonds is 12. The highest BCUT2D eigenvalue weighted by Crippen LogP contribution is 2.36. The lowest BCUT2D eigenvalue weighted by atomic mass is 10.1. The smallest absolute Gasteiger partial charge is 0.433 e. The number of fused-ring (bicyclic) bond motifs is 1. The Morgan fingerprint density at radius 3 is 1.29 bits per heavy atom. The fraction of sp³-hybridized carbons (Fsp3) is 0.105. The van der Waals surface area contributed by atoms with Gasteiger partial charge in [0.25, 0.3) is 11.8 Å². The van der Waals surface area contributed by atoms with Gasteiger partial charge < -0.3 is 18.9 Å². The van der Waals surface area contributed by atoms with Gasteiger partial charge in [0.05, 0.1) is 48.1 Å². The van der Waals surface area contributed by atoms with E-state index in [2.05, 4.69) is 16.2 Å². The molecule has 6 rings (SSSR count). The van der Waals surface area contributed by atoms with Crippen LogP contribution >= 0.6 is 0 Å². The Morgan fingerprint density at radius 1 is 0.569 bits per heavy atom. The van der Waals surface area contributed by atoms with Crippen LogP contribution in [0.3, 0.4) is 0 Å². The number of nitrogens with one attached hydrogen (secondary N) is 3. The van der Waals surface area contributed by atoms with Crippen molar-refractivity contribution in [2.45, 2.75) is 13.2 Å². The van der Waals surface area contributed by atoms with Crippen LogP contribution in [0.5, 0.6) is 11.5 Å². The molecule has 0 saturated heterocycles. The lowest BCUT2D eigenvalue weighted by Gasteiger charge is -2.31. The highest BCUT2D eigenvalue weighted by Gasteiger charge is 2.35. The van der Waals surface area contributed by atoms with Crippen LogP contribution in [0, 0.1) is 0 Å². The molecule has 1 aliphatic heterocycles. The van der Waals surface area contributed by atoms with Gasteiger partial charge in [-0.25, -0.2) is 9.59 Å². The van der Waals surface area contributed by atoms with E-state index < -0.39 is 24.0 Å². The number of hydrazine groups is 2. The molecule has 0 spiro atoms. The SMILES string of the molecule is COc1ccc(COC(=O)N(Nc2ccccc2)c2cc3c(cc2N(Nc2ccccc2)C(=O)OCc2ccc(OC)cc2)C(=O)NC3=O)cc1. The number of ether oxygens (including phenoxy) is 4. The number of hydrogen-bond donors (Lipinski definition) is 3. The van der Waals surface area contributed by atoms with Gasteiger partial charge in [0, 0.05) is 0 Å². The average Bonchev–Trinajstić information content (AvgIpc) is 3.45. The number of methoxy groups -OCH3 is 2. The van der Waals surface area contributed by atoms with Crippen LogP contribution in [0.25, 0.3) is 0 Å². The van der Waals surface area contributed by atoms with Crippen molar-refractivity contribution in [3.8, 4) is 11.5 Å².